The lowest BCUT2D eigenvalue weighted by molar-refractivity contribution is 0.102. The number of nitrogens with one attached hydrogen (secondary N) is 1. The molecule has 6 nitrogen and oxygen atoms in total. The number of rotatable bonds is 4. The minimum Gasteiger partial charge on any atom is -0.504 e. The molecular formula is C16H11N3O3. The van der Waals surface area contributed by atoms with Gasteiger partial charge in [-0.05, 0) is 12.1 Å². The summed E-state index contributed by atoms with van der Waals surface area (Å²) in [4.78, 5) is 28.4. The lowest BCUT2D eigenvalue weighted by Gasteiger charge is -1.99. The van der Waals surface area contributed by atoms with Crippen LogP contribution >= 0.6 is 0 Å². The van der Waals surface area contributed by atoms with Gasteiger partial charge >= 0.3 is 0 Å². The Bertz CT molecular complexity index is 757. The van der Waals surface area contributed by atoms with Crippen molar-refractivity contribution in [3.63, 3.8) is 0 Å². The number of aromatic amines is 1. The summed E-state index contributed by atoms with van der Waals surface area (Å²) in [5.74, 6) is -1.46. The number of H-pyrrole nitrogens is 1. The van der Waals surface area contributed by atoms with Crippen molar-refractivity contribution in [1.82, 2.24) is 15.2 Å². The maximum atomic E-state index is 12.3. The van der Waals surface area contributed by atoms with Crippen molar-refractivity contribution in [3.8, 4) is 5.75 Å². The average molecular weight is 293 g/mol. The third-order valence-corrected chi connectivity index (χ3v) is 3.12. The molecule has 0 fully saturated rings. The lowest BCUT2D eigenvalue weighted by Crippen LogP contribution is -2.05. The molecule has 108 valence electrons. The van der Waals surface area contributed by atoms with Crippen molar-refractivity contribution in [3.05, 3.63) is 77.4 Å². The Balaban J connectivity index is 1.96. The van der Waals surface area contributed by atoms with Gasteiger partial charge in [0.15, 0.2) is 11.4 Å². The van der Waals surface area contributed by atoms with Gasteiger partial charge in [-0.2, -0.15) is 5.10 Å². The monoisotopic (exact) mass is 293 g/mol. The molecule has 0 aliphatic carbocycles. The Morgan fingerprint density at radius 3 is 2.36 bits per heavy atom. The smallest absolute Gasteiger partial charge is 0.235 e. The zero-order chi connectivity index (χ0) is 15.5. The third-order valence-electron chi connectivity index (χ3n) is 3.12. The highest BCUT2D eigenvalue weighted by Gasteiger charge is 2.25. The van der Waals surface area contributed by atoms with Crippen LogP contribution < -0.4 is 0 Å². The summed E-state index contributed by atoms with van der Waals surface area (Å²) in [7, 11) is 0. The number of hydrogen-bond donors (Lipinski definition) is 2. The van der Waals surface area contributed by atoms with Crippen LogP contribution in [0.1, 0.15) is 32.2 Å². The number of carbonyl (C=O) groups is 2. The zero-order valence-corrected chi connectivity index (χ0v) is 11.4. The predicted octanol–water partition coefficient (Wildman–Crippen LogP) is 1.97. The molecule has 0 aliphatic rings. The van der Waals surface area contributed by atoms with Crippen molar-refractivity contribution < 1.29 is 14.7 Å². The van der Waals surface area contributed by atoms with E-state index in [2.05, 4.69) is 15.2 Å². The first-order valence-electron chi connectivity index (χ1n) is 6.51. The first-order valence-corrected chi connectivity index (χ1v) is 6.51. The summed E-state index contributed by atoms with van der Waals surface area (Å²) < 4.78 is 0. The molecular weight excluding hydrogens is 282 g/mol. The van der Waals surface area contributed by atoms with E-state index in [1.54, 1.807) is 42.5 Å². The molecule has 3 aromatic rings. The highest BCUT2D eigenvalue weighted by molar-refractivity contribution is 6.14. The summed E-state index contributed by atoms with van der Waals surface area (Å²) in [6, 6.07) is 13.3. The van der Waals surface area contributed by atoms with Gasteiger partial charge < -0.3 is 5.11 Å². The SMILES string of the molecule is O=C(c1ccccn1)c1n[nH]c(C(=O)c2ccccc2)c1O. The third kappa shape index (κ3) is 2.37. The van der Waals surface area contributed by atoms with Gasteiger partial charge in [-0.1, -0.05) is 36.4 Å². The van der Waals surface area contributed by atoms with E-state index in [0.29, 0.717) is 5.56 Å². The minimum absolute atomic E-state index is 0.120. The molecule has 0 unspecified atom stereocenters. The first kappa shape index (κ1) is 13.7. The molecule has 1 aromatic carbocycles. The molecule has 3 rings (SSSR count). The fourth-order valence-corrected chi connectivity index (χ4v) is 2.00. The molecule has 0 bridgehead atoms. The maximum Gasteiger partial charge on any atom is 0.235 e. The number of ketones is 2. The second-order valence-corrected chi connectivity index (χ2v) is 4.54. The van der Waals surface area contributed by atoms with Gasteiger partial charge in [-0.25, -0.2) is 0 Å². The first-order chi connectivity index (χ1) is 10.7. The molecule has 0 aliphatic heterocycles. The van der Waals surface area contributed by atoms with Crippen molar-refractivity contribution in [1.29, 1.82) is 0 Å². The van der Waals surface area contributed by atoms with E-state index in [1.165, 1.54) is 12.3 Å². The van der Waals surface area contributed by atoms with Gasteiger partial charge in [0.05, 0.1) is 0 Å². The van der Waals surface area contributed by atoms with Gasteiger partial charge in [0.25, 0.3) is 0 Å². The van der Waals surface area contributed by atoms with Crippen molar-refractivity contribution >= 4 is 11.6 Å². The second-order valence-electron chi connectivity index (χ2n) is 4.54. The normalized spacial score (nSPS) is 10.4. The summed E-state index contributed by atoms with van der Waals surface area (Å²) in [5.41, 5.74) is 0.185. The molecule has 2 heterocycles. The average Bonchev–Trinajstić information content (AvgIpc) is 2.96. The Labute approximate surface area is 125 Å². The van der Waals surface area contributed by atoms with E-state index < -0.39 is 17.3 Å². The van der Waals surface area contributed by atoms with Crippen molar-refractivity contribution in [2.24, 2.45) is 0 Å². The molecule has 0 radical (unpaired) electrons. The molecule has 6 heteroatoms. The van der Waals surface area contributed by atoms with Gasteiger partial charge in [0.2, 0.25) is 11.6 Å². The maximum absolute atomic E-state index is 12.3. The molecule has 0 amide bonds. The summed E-state index contributed by atoms with van der Waals surface area (Å²) in [6.07, 6.45) is 1.47. The van der Waals surface area contributed by atoms with E-state index >= 15 is 0 Å². The van der Waals surface area contributed by atoms with Crippen LogP contribution in [-0.2, 0) is 0 Å². The number of carbonyl (C=O) groups excluding carboxylic acids is 2. The van der Waals surface area contributed by atoms with Crippen LogP contribution in [0, 0.1) is 0 Å². The molecule has 0 atom stereocenters. The minimum atomic E-state index is -0.554. The van der Waals surface area contributed by atoms with E-state index in [4.69, 9.17) is 0 Å². The highest BCUT2D eigenvalue weighted by Crippen LogP contribution is 2.24. The van der Waals surface area contributed by atoms with E-state index in [9.17, 15) is 14.7 Å². The van der Waals surface area contributed by atoms with E-state index in [-0.39, 0.29) is 17.1 Å². The number of pyridine rings is 1. The zero-order valence-electron chi connectivity index (χ0n) is 11.4. The Morgan fingerprint density at radius 1 is 0.955 bits per heavy atom. The Morgan fingerprint density at radius 2 is 1.68 bits per heavy atom. The van der Waals surface area contributed by atoms with Crippen LogP contribution in [0.4, 0.5) is 0 Å². The summed E-state index contributed by atoms with van der Waals surface area (Å²) in [6.45, 7) is 0. The number of benzene rings is 1. The molecule has 0 saturated carbocycles. The Kier molecular flexibility index (Phi) is 3.49. The van der Waals surface area contributed by atoms with Crippen LogP contribution in [-0.4, -0.2) is 31.9 Å². The molecule has 0 saturated heterocycles. The quantitative estimate of drug-likeness (QED) is 0.717. The molecule has 2 N–H and O–H groups in total. The van der Waals surface area contributed by atoms with Crippen LogP contribution in [0.2, 0.25) is 0 Å². The fraction of sp³-hybridized carbons (Fsp3) is 0. The van der Waals surface area contributed by atoms with Crippen molar-refractivity contribution in [2.45, 2.75) is 0 Å². The highest BCUT2D eigenvalue weighted by atomic mass is 16.3. The van der Waals surface area contributed by atoms with Gasteiger partial charge in [-0.15, -0.1) is 0 Å². The van der Waals surface area contributed by atoms with Crippen LogP contribution in [0.3, 0.4) is 0 Å². The summed E-state index contributed by atoms with van der Waals surface area (Å²) >= 11 is 0. The standard InChI is InChI=1S/C16H11N3O3/c20-14(10-6-2-1-3-7-10)12-16(22)13(19-18-12)15(21)11-8-4-5-9-17-11/h1-9,22H,(H,18,19). The number of hydrogen-bond acceptors (Lipinski definition) is 5. The van der Waals surface area contributed by atoms with Crippen molar-refractivity contribution in [2.75, 3.05) is 0 Å². The fourth-order valence-electron chi connectivity index (χ4n) is 2.00. The van der Waals surface area contributed by atoms with E-state index in [0.717, 1.165) is 0 Å². The van der Waals surface area contributed by atoms with Crippen LogP contribution in [0.5, 0.6) is 5.75 Å². The molecule has 22 heavy (non-hydrogen) atoms. The van der Waals surface area contributed by atoms with Gasteiger partial charge in [0.1, 0.15) is 11.4 Å². The number of aromatic nitrogens is 3. The number of aromatic hydroxyl groups is 1. The Hall–Kier alpha value is -3.28. The van der Waals surface area contributed by atoms with Crippen LogP contribution in [0.25, 0.3) is 0 Å². The largest absolute Gasteiger partial charge is 0.504 e. The summed E-state index contributed by atoms with van der Waals surface area (Å²) in [5, 5.41) is 16.3. The lowest BCUT2D eigenvalue weighted by atomic mass is 10.1. The molecule has 2 aromatic heterocycles. The predicted molar refractivity (Wildman–Crippen MR) is 77.8 cm³/mol. The number of nitrogens with zero attached hydrogens (tertiary/aromatic N) is 2. The molecule has 0 spiro atoms. The topological polar surface area (TPSA) is 95.9 Å². The second kappa shape index (κ2) is 5.61. The van der Waals surface area contributed by atoms with Crippen LogP contribution in [0.15, 0.2) is 54.7 Å². The van der Waals surface area contributed by atoms with E-state index in [1.807, 2.05) is 0 Å². The van der Waals surface area contributed by atoms with Gasteiger partial charge in [-0.3, -0.25) is 19.7 Å². The van der Waals surface area contributed by atoms with Gasteiger partial charge in [0, 0.05) is 11.8 Å².